The predicted molar refractivity (Wildman–Crippen MR) is 282 cm³/mol. The highest BCUT2D eigenvalue weighted by atomic mass is 15.2. The second-order valence-corrected chi connectivity index (χ2v) is 17.9. The highest BCUT2D eigenvalue weighted by Gasteiger charge is 2.44. The van der Waals surface area contributed by atoms with Crippen molar-refractivity contribution in [2.75, 3.05) is 9.80 Å². The van der Waals surface area contributed by atoms with Gasteiger partial charge in [-0.3, -0.25) is 0 Å². The van der Waals surface area contributed by atoms with Gasteiger partial charge in [-0.2, -0.15) is 0 Å². The van der Waals surface area contributed by atoms with Crippen molar-refractivity contribution in [1.29, 1.82) is 0 Å². The van der Waals surface area contributed by atoms with E-state index in [1.165, 1.54) is 99.5 Å². The summed E-state index contributed by atoms with van der Waals surface area (Å²) in [6.45, 7) is 2.16. The Morgan fingerprint density at radius 1 is 0.439 bits per heavy atom. The maximum atomic E-state index is 2.70. The number of rotatable bonds is 9. The molecule has 0 bridgehead atoms. The first-order chi connectivity index (χ1) is 32.7. The molecule has 3 nitrogen and oxygen atoms in total. The summed E-state index contributed by atoms with van der Waals surface area (Å²) in [4.78, 5) is 5.01. The molecule has 0 saturated carbocycles. The zero-order chi connectivity index (χ0) is 43.7. The molecule has 3 heterocycles. The highest BCUT2D eigenvalue weighted by Crippen LogP contribution is 2.50. The normalized spacial score (nSPS) is 12.4. The number of benzene rings is 10. The van der Waals surface area contributed by atoms with Crippen LogP contribution in [0.15, 0.2) is 224 Å². The Kier molecular flexibility index (Phi) is 9.06. The van der Waals surface area contributed by atoms with Crippen LogP contribution in [-0.2, 0) is 6.42 Å². The number of unbranched alkanes of at least 4 members (excludes halogenated alkanes) is 1. The van der Waals surface area contributed by atoms with Gasteiger partial charge in [0.25, 0.3) is 0 Å². The molecule has 0 fully saturated rings. The number of hydrogen-bond donors (Lipinski definition) is 0. The largest absolute Gasteiger partial charge is 0.375 e. The van der Waals surface area contributed by atoms with Gasteiger partial charge in [-0.15, -0.1) is 0 Å². The highest BCUT2D eigenvalue weighted by molar-refractivity contribution is 6.90. The van der Waals surface area contributed by atoms with Gasteiger partial charge >= 0.3 is 6.85 Å². The average Bonchev–Trinajstić information content (AvgIpc) is 3.70. The van der Waals surface area contributed by atoms with Gasteiger partial charge in [0.2, 0.25) is 0 Å². The number of hydrogen-bond acceptors (Lipinski definition) is 2. The first-order valence-electron chi connectivity index (χ1n) is 23.4. The van der Waals surface area contributed by atoms with Gasteiger partial charge in [-0.25, -0.2) is 0 Å². The Morgan fingerprint density at radius 3 is 1.80 bits per heavy atom. The quantitative estimate of drug-likeness (QED) is 0.134. The van der Waals surface area contributed by atoms with Gasteiger partial charge in [-0.1, -0.05) is 159 Å². The number of anilines is 6. The Balaban J connectivity index is 1.17. The Labute approximate surface area is 386 Å². The lowest BCUT2D eigenvalue weighted by Crippen LogP contribution is -2.56. The number of para-hydroxylation sites is 3. The number of aryl methyl sites for hydroxylation is 1. The molecule has 10 aromatic carbocycles. The van der Waals surface area contributed by atoms with Crippen molar-refractivity contribution in [2.24, 2.45) is 0 Å². The summed E-state index contributed by atoms with van der Waals surface area (Å²) < 4.78 is 2.70. The van der Waals surface area contributed by atoms with Crippen molar-refractivity contribution < 1.29 is 0 Å². The molecule has 0 aliphatic carbocycles. The van der Waals surface area contributed by atoms with Crippen molar-refractivity contribution >= 4 is 84.5 Å². The molecule has 0 atom stereocenters. The molecule has 1 aromatic heterocycles. The first kappa shape index (κ1) is 38.4. The van der Waals surface area contributed by atoms with Crippen molar-refractivity contribution in [3.63, 3.8) is 0 Å². The molecule has 2 aliphatic rings. The van der Waals surface area contributed by atoms with Crippen LogP contribution in [0.2, 0.25) is 0 Å². The third-order valence-electron chi connectivity index (χ3n) is 14.1. The minimum atomic E-state index is -0.125. The van der Waals surface area contributed by atoms with E-state index in [2.05, 4.69) is 246 Å². The van der Waals surface area contributed by atoms with Crippen molar-refractivity contribution in [3.8, 4) is 33.4 Å². The van der Waals surface area contributed by atoms with Crippen LogP contribution in [0.3, 0.4) is 0 Å². The van der Waals surface area contributed by atoms with Gasteiger partial charge in [0, 0.05) is 61.4 Å². The number of fused-ring (bicyclic) bond motifs is 8. The lowest BCUT2D eigenvalue weighted by Gasteiger charge is -2.42. The van der Waals surface area contributed by atoms with Gasteiger partial charge in [0.1, 0.15) is 0 Å². The summed E-state index contributed by atoms with van der Waals surface area (Å²) in [6.07, 6.45) is 3.37. The topological polar surface area (TPSA) is 11.4 Å². The SMILES string of the molecule is CCCCc1ccc(N2c3ccc(N(c4ccccc4)c4ccccc4)cc3B3c4c(cc(-c5ccccc5)cc42)-c2cccc4c5cc6ccccc6cc5n3c24)c(-c2ccccc2)c1. The summed E-state index contributed by atoms with van der Waals surface area (Å²) in [7, 11) is 0. The fraction of sp³-hybridized carbons (Fsp3) is 0.0645. The molecular weight excluding hydrogens is 798 g/mol. The van der Waals surface area contributed by atoms with E-state index in [1.807, 2.05) is 0 Å². The van der Waals surface area contributed by atoms with Crippen LogP contribution in [-0.4, -0.2) is 11.3 Å². The van der Waals surface area contributed by atoms with Crippen LogP contribution >= 0.6 is 0 Å². The lowest BCUT2D eigenvalue weighted by molar-refractivity contribution is 0.795. The Morgan fingerprint density at radius 2 is 1.09 bits per heavy atom. The molecule has 11 aromatic rings. The molecule has 0 radical (unpaired) electrons. The molecule has 2 aliphatic heterocycles. The summed E-state index contributed by atoms with van der Waals surface area (Å²) >= 11 is 0. The second kappa shape index (κ2) is 15.6. The number of aromatic nitrogens is 1. The lowest BCUT2D eigenvalue weighted by atomic mass is 9.45. The third kappa shape index (κ3) is 6.05. The van der Waals surface area contributed by atoms with Crippen LogP contribution in [0, 0.1) is 0 Å². The van der Waals surface area contributed by atoms with Crippen LogP contribution in [0.4, 0.5) is 34.1 Å². The number of nitrogens with zero attached hydrogens (tertiary/aromatic N) is 3. The van der Waals surface area contributed by atoms with E-state index in [9.17, 15) is 0 Å². The van der Waals surface area contributed by atoms with E-state index in [0.29, 0.717) is 0 Å². The van der Waals surface area contributed by atoms with Crippen LogP contribution in [0.25, 0.3) is 66.0 Å². The fourth-order valence-corrected chi connectivity index (χ4v) is 11.1. The standard InChI is InChI=1S/C62H46BN3/c1-2-3-19-42-32-34-57(53(36-42)44-22-10-5-11-23-44)65-58-35-33-50(64(48-26-12-6-13-27-48)49-28-14-7-15-29-49)41-56(58)63-61-55(38-47(40-60(61)65)43-20-8-4-9-21-43)52-31-18-30-51-54-37-45-24-16-17-25-46(45)39-59(54)66(63)62(51)52/h4-18,20-41H,2-3,19H2,1H3. The molecule has 13 rings (SSSR count). The van der Waals surface area contributed by atoms with Gasteiger partial charge < -0.3 is 14.3 Å². The minimum absolute atomic E-state index is 0.125. The van der Waals surface area contributed by atoms with E-state index in [1.54, 1.807) is 0 Å². The van der Waals surface area contributed by atoms with Crippen molar-refractivity contribution in [2.45, 2.75) is 26.2 Å². The molecule has 0 amide bonds. The van der Waals surface area contributed by atoms with Gasteiger partial charge in [-0.05, 0) is 141 Å². The summed E-state index contributed by atoms with van der Waals surface area (Å²) in [5.41, 5.74) is 20.8. The monoisotopic (exact) mass is 843 g/mol. The summed E-state index contributed by atoms with van der Waals surface area (Å²) in [5.74, 6) is 0. The van der Waals surface area contributed by atoms with E-state index < -0.39 is 0 Å². The molecular formula is C62H46BN3. The van der Waals surface area contributed by atoms with E-state index in [0.717, 1.165) is 36.3 Å². The van der Waals surface area contributed by atoms with Gasteiger partial charge in [0.05, 0.1) is 5.69 Å². The average molecular weight is 844 g/mol. The molecule has 0 unspecified atom stereocenters. The summed E-state index contributed by atoms with van der Waals surface area (Å²) in [6, 6.07) is 83.7. The van der Waals surface area contributed by atoms with E-state index >= 15 is 0 Å². The molecule has 0 spiro atoms. The van der Waals surface area contributed by atoms with Crippen LogP contribution in [0.1, 0.15) is 25.3 Å². The van der Waals surface area contributed by atoms with Crippen molar-refractivity contribution in [3.05, 3.63) is 230 Å². The molecule has 312 valence electrons. The Bertz CT molecular complexity index is 3600. The fourth-order valence-electron chi connectivity index (χ4n) is 11.1. The van der Waals surface area contributed by atoms with E-state index in [4.69, 9.17) is 0 Å². The maximum Gasteiger partial charge on any atom is 0.333 e. The predicted octanol–water partition coefficient (Wildman–Crippen LogP) is 15.5. The first-order valence-corrected chi connectivity index (χ1v) is 23.4. The minimum Gasteiger partial charge on any atom is -0.375 e. The smallest absolute Gasteiger partial charge is 0.333 e. The van der Waals surface area contributed by atoms with Crippen LogP contribution < -0.4 is 20.7 Å². The van der Waals surface area contributed by atoms with Crippen LogP contribution in [0.5, 0.6) is 0 Å². The second-order valence-electron chi connectivity index (χ2n) is 17.9. The molecule has 0 saturated heterocycles. The molecule has 66 heavy (non-hydrogen) atoms. The van der Waals surface area contributed by atoms with Gasteiger partial charge in [0.15, 0.2) is 0 Å². The summed E-state index contributed by atoms with van der Waals surface area (Å²) in [5, 5.41) is 5.08. The maximum absolute atomic E-state index is 2.70. The zero-order valence-corrected chi connectivity index (χ0v) is 36.9. The van der Waals surface area contributed by atoms with E-state index in [-0.39, 0.29) is 6.85 Å². The molecule has 4 heteroatoms. The Hall–Kier alpha value is -8.08. The third-order valence-corrected chi connectivity index (χ3v) is 14.1. The zero-order valence-electron chi connectivity index (χ0n) is 36.9. The molecule has 0 N–H and O–H groups in total. The van der Waals surface area contributed by atoms with Crippen molar-refractivity contribution in [1.82, 2.24) is 4.48 Å².